The molecule has 3 aliphatic heterocycles. The predicted octanol–water partition coefficient (Wildman–Crippen LogP) is 2.69. The van der Waals surface area contributed by atoms with Gasteiger partial charge in [0.15, 0.2) is 11.6 Å². The molecular formula is C27H42N8O3. The molecule has 11 nitrogen and oxygen atoms in total. The molecule has 0 radical (unpaired) electrons. The van der Waals surface area contributed by atoms with Gasteiger partial charge in [0, 0.05) is 51.2 Å². The Morgan fingerprint density at radius 3 is 2.45 bits per heavy atom. The molecule has 3 saturated heterocycles. The minimum absolute atomic E-state index is 0.173. The summed E-state index contributed by atoms with van der Waals surface area (Å²) in [4.78, 5) is 32.5. The highest BCUT2D eigenvalue weighted by molar-refractivity contribution is 5.81. The molecule has 0 aromatic carbocycles. The molecule has 2 aromatic rings. The smallest absolute Gasteiger partial charge is 0.324 e. The van der Waals surface area contributed by atoms with Gasteiger partial charge in [-0.05, 0) is 43.9 Å². The highest BCUT2D eigenvalue weighted by atomic mass is 16.5. The Kier molecular flexibility index (Phi) is 8.30. The summed E-state index contributed by atoms with van der Waals surface area (Å²) in [5.41, 5.74) is 6.33. The van der Waals surface area contributed by atoms with Gasteiger partial charge < -0.3 is 29.7 Å². The molecule has 3 atom stereocenters. The van der Waals surface area contributed by atoms with Crippen LogP contribution in [0.3, 0.4) is 0 Å². The molecule has 2 N–H and O–H groups in total. The number of likely N-dealkylation sites (tertiary alicyclic amines) is 1. The van der Waals surface area contributed by atoms with Crippen molar-refractivity contribution < 1.29 is 14.1 Å². The van der Waals surface area contributed by atoms with E-state index in [2.05, 4.69) is 45.8 Å². The number of hydrogen-bond donors (Lipinski definition) is 1. The van der Waals surface area contributed by atoms with Crippen molar-refractivity contribution in [3.8, 4) is 5.75 Å². The second-order valence-electron chi connectivity index (χ2n) is 11.5. The van der Waals surface area contributed by atoms with Crippen LogP contribution in [0.15, 0.2) is 16.9 Å². The van der Waals surface area contributed by atoms with Crippen molar-refractivity contribution in [3.05, 3.63) is 18.2 Å². The van der Waals surface area contributed by atoms with Gasteiger partial charge in [-0.15, -0.1) is 0 Å². The van der Waals surface area contributed by atoms with E-state index in [9.17, 15) is 4.79 Å². The molecule has 2 aromatic heterocycles. The van der Waals surface area contributed by atoms with Gasteiger partial charge in [0.1, 0.15) is 0 Å². The Morgan fingerprint density at radius 2 is 1.79 bits per heavy atom. The van der Waals surface area contributed by atoms with Crippen molar-refractivity contribution in [1.29, 1.82) is 0 Å². The topological polar surface area (TPSA) is 127 Å². The monoisotopic (exact) mass is 526 g/mol. The SMILES string of the molecule is CC(C)c1noc(N2CCC([C@H](C)CCOc3cnc(N4C[C@@H](N)[C@@H](C(=O)N5CCCC5)C4)nc3)CC2)n1. The number of aromatic nitrogens is 4. The fraction of sp³-hybridized carbons (Fsp3) is 0.741. The lowest BCUT2D eigenvalue weighted by atomic mass is 9.84. The van der Waals surface area contributed by atoms with Crippen molar-refractivity contribution in [1.82, 2.24) is 25.0 Å². The van der Waals surface area contributed by atoms with Crippen LogP contribution in [-0.2, 0) is 4.79 Å². The lowest BCUT2D eigenvalue weighted by molar-refractivity contribution is -0.134. The van der Waals surface area contributed by atoms with Crippen LogP contribution in [0.5, 0.6) is 5.75 Å². The summed E-state index contributed by atoms with van der Waals surface area (Å²) in [6, 6.07) is 0.455. The Labute approximate surface area is 225 Å². The van der Waals surface area contributed by atoms with E-state index in [-0.39, 0.29) is 23.8 Å². The van der Waals surface area contributed by atoms with E-state index >= 15 is 0 Å². The van der Waals surface area contributed by atoms with E-state index in [0.717, 1.165) is 64.1 Å². The molecule has 3 aliphatic rings. The molecule has 1 amide bonds. The molecule has 0 spiro atoms. The second-order valence-corrected chi connectivity index (χ2v) is 11.5. The van der Waals surface area contributed by atoms with Gasteiger partial charge in [0.2, 0.25) is 11.9 Å². The minimum atomic E-state index is -0.194. The summed E-state index contributed by atoms with van der Waals surface area (Å²) < 4.78 is 11.4. The highest BCUT2D eigenvalue weighted by Gasteiger charge is 2.39. The van der Waals surface area contributed by atoms with Gasteiger partial charge in [-0.3, -0.25) is 4.79 Å². The summed E-state index contributed by atoms with van der Waals surface area (Å²) in [5, 5.41) is 4.09. The maximum atomic E-state index is 12.8. The number of piperidine rings is 1. The fourth-order valence-electron chi connectivity index (χ4n) is 5.82. The first-order chi connectivity index (χ1) is 18.4. The van der Waals surface area contributed by atoms with E-state index < -0.39 is 0 Å². The lowest BCUT2D eigenvalue weighted by Gasteiger charge is -2.33. The number of nitrogens with two attached hydrogens (primary N) is 1. The Bertz CT molecular complexity index is 1050. The van der Waals surface area contributed by atoms with E-state index in [4.69, 9.17) is 15.0 Å². The fourth-order valence-corrected chi connectivity index (χ4v) is 5.82. The van der Waals surface area contributed by atoms with Crippen molar-refractivity contribution >= 4 is 17.9 Å². The normalized spacial score (nSPS) is 23.4. The number of carbonyl (C=O) groups is 1. The minimum Gasteiger partial charge on any atom is -0.490 e. The largest absolute Gasteiger partial charge is 0.490 e. The number of carbonyl (C=O) groups excluding carboxylic acids is 1. The zero-order chi connectivity index (χ0) is 26.6. The summed E-state index contributed by atoms with van der Waals surface area (Å²) in [7, 11) is 0. The van der Waals surface area contributed by atoms with Crippen LogP contribution in [0, 0.1) is 17.8 Å². The molecule has 0 bridgehead atoms. The van der Waals surface area contributed by atoms with Crippen LogP contribution in [0.1, 0.15) is 64.6 Å². The van der Waals surface area contributed by atoms with E-state index in [0.29, 0.717) is 49.2 Å². The Morgan fingerprint density at radius 1 is 1.08 bits per heavy atom. The average Bonchev–Trinajstić information content (AvgIpc) is 3.70. The number of rotatable bonds is 9. The maximum Gasteiger partial charge on any atom is 0.324 e. The second kappa shape index (κ2) is 11.8. The maximum absolute atomic E-state index is 12.8. The average molecular weight is 527 g/mol. The molecule has 5 heterocycles. The number of hydrogen-bond acceptors (Lipinski definition) is 10. The third-order valence-corrected chi connectivity index (χ3v) is 8.40. The third kappa shape index (κ3) is 6.03. The Hall–Kier alpha value is -2.95. The lowest BCUT2D eigenvalue weighted by Crippen LogP contribution is -2.42. The molecule has 208 valence electrons. The molecule has 38 heavy (non-hydrogen) atoms. The van der Waals surface area contributed by atoms with E-state index in [1.807, 2.05) is 9.80 Å². The number of amides is 1. The number of nitrogens with zero attached hydrogens (tertiary/aromatic N) is 7. The molecular weight excluding hydrogens is 484 g/mol. The first-order valence-electron chi connectivity index (χ1n) is 14.2. The van der Waals surface area contributed by atoms with Crippen molar-refractivity contribution in [2.24, 2.45) is 23.5 Å². The quantitative estimate of drug-likeness (QED) is 0.521. The van der Waals surface area contributed by atoms with Crippen LogP contribution in [0.2, 0.25) is 0 Å². The van der Waals surface area contributed by atoms with Crippen LogP contribution in [0.25, 0.3) is 0 Å². The van der Waals surface area contributed by atoms with E-state index in [1.54, 1.807) is 12.4 Å². The van der Waals surface area contributed by atoms with Crippen molar-refractivity contribution in [2.75, 3.05) is 55.7 Å². The Balaban J connectivity index is 1.04. The zero-order valence-corrected chi connectivity index (χ0v) is 23.0. The number of anilines is 2. The van der Waals surface area contributed by atoms with Crippen LogP contribution >= 0.6 is 0 Å². The van der Waals surface area contributed by atoms with E-state index in [1.165, 1.54) is 0 Å². The zero-order valence-electron chi connectivity index (χ0n) is 23.0. The molecule has 3 fully saturated rings. The standard InChI is InChI=1S/C27H42N8O3/c1-18(2)24-31-27(38-32-24)34-11-6-20(7-12-34)19(3)8-13-37-21-14-29-26(30-15-21)35-16-22(23(28)17-35)25(36)33-9-4-5-10-33/h14-15,18-20,22-23H,4-13,16-17,28H2,1-3H3/t19-,22+,23-/m1/s1. The van der Waals surface area contributed by atoms with Crippen LogP contribution < -0.4 is 20.3 Å². The van der Waals surface area contributed by atoms with Gasteiger partial charge in [-0.2, -0.15) is 4.98 Å². The number of ether oxygens (including phenoxy) is 1. The van der Waals surface area contributed by atoms with Gasteiger partial charge in [-0.1, -0.05) is 25.9 Å². The molecule has 0 saturated carbocycles. The van der Waals surface area contributed by atoms with Crippen LogP contribution in [-0.4, -0.2) is 82.8 Å². The van der Waals surface area contributed by atoms with Gasteiger partial charge >= 0.3 is 6.01 Å². The summed E-state index contributed by atoms with van der Waals surface area (Å²) in [5.74, 6) is 3.50. The molecule has 0 aliphatic carbocycles. The summed E-state index contributed by atoms with van der Waals surface area (Å²) >= 11 is 0. The summed E-state index contributed by atoms with van der Waals surface area (Å²) in [6.07, 6.45) is 8.81. The highest BCUT2D eigenvalue weighted by Crippen LogP contribution is 2.30. The van der Waals surface area contributed by atoms with Crippen molar-refractivity contribution in [2.45, 2.75) is 64.8 Å². The van der Waals surface area contributed by atoms with Gasteiger partial charge in [0.05, 0.1) is 24.9 Å². The molecule has 5 rings (SSSR count). The van der Waals surface area contributed by atoms with Gasteiger partial charge in [-0.25, -0.2) is 9.97 Å². The molecule has 0 unspecified atom stereocenters. The van der Waals surface area contributed by atoms with Crippen LogP contribution in [0.4, 0.5) is 12.0 Å². The third-order valence-electron chi connectivity index (χ3n) is 8.40. The first kappa shape index (κ1) is 26.6. The first-order valence-corrected chi connectivity index (χ1v) is 14.2. The van der Waals surface area contributed by atoms with Gasteiger partial charge in [0.25, 0.3) is 0 Å². The summed E-state index contributed by atoms with van der Waals surface area (Å²) in [6.45, 7) is 11.8. The molecule has 11 heteroatoms. The van der Waals surface area contributed by atoms with Crippen molar-refractivity contribution in [3.63, 3.8) is 0 Å². The predicted molar refractivity (Wildman–Crippen MR) is 144 cm³/mol.